The van der Waals surface area contributed by atoms with E-state index in [0.29, 0.717) is 5.92 Å². The molecule has 0 radical (unpaired) electrons. The number of hydrogen-bond acceptors (Lipinski definition) is 5. The molecule has 0 unspecified atom stereocenters. The smallest absolute Gasteiger partial charge is 0.208 e. The van der Waals surface area contributed by atoms with Crippen molar-refractivity contribution in [1.29, 1.82) is 0 Å². The van der Waals surface area contributed by atoms with Crippen LogP contribution in [0.3, 0.4) is 0 Å². The summed E-state index contributed by atoms with van der Waals surface area (Å²) in [5.41, 5.74) is 1.57. The highest BCUT2D eigenvalue weighted by atomic mass is 32.2. The molecule has 2 atom stereocenters. The van der Waals surface area contributed by atoms with Gasteiger partial charge in [0, 0.05) is 6.04 Å². The van der Waals surface area contributed by atoms with Crippen molar-refractivity contribution in [3.8, 4) is 5.69 Å². The summed E-state index contributed by atoms with van der Waals surface area (Å²) in [6.45, 7) is 3.96. The zero-order chi connectivity index (χ0) is 16.4. The number of aryl methyl sites for hydroxylation is 1. The van der Waals surface area contributed by atoms with Crippen LogP contribution in [-0.4, -0.2) is 34.7 Å². The molecule has 1 aliphatic rings. The number of nitrogens with zero attached hydrogens (tertiary/aromatic N) is 4. The SMILES string of the molecule is Cc1cc(S(=O)(=O)N[C@H]2CCCC[C@H]2C)ccc1-n1cnnn1. The topological polar surface area (TPSA) is 89.8 Å². The molecule has 7 nitrogen and oxygen atoms in total. The number of aromatic nitrogens is 4. The molecule has 1 heterocycles. The summed E-state index contributed by atoms with van der Waals surface area (Å²) in [5, 5.41) is 11.0. The molecule has 1 fully saturated rings. The van der Waals surface area contributed by atoms with E-state index in [1.165, 1.54) is 17.4 Å². The molecule has 1 aromatic heterocycles. The number of nitrogens with one attached hydrogen (secondary N) is 1. The van der Waals surface area contributed by atoms with Crippen molar-refractivity contribution >= 4 is 10.0 Å². The van der Waals surface area contributed by atoms with Crippen molar-refractivity contribution in [1.82, 2.24) is 24.9 Å². The number of hydrogen-bond donors (Lipinski definition) is 1. The molecule has 0 aliphatic heterocycles. The van der Waals surface area contributed by atoms with E-state index in [-0.39, 0.29) is 10.9 Å². The van der Waals surface area contributed by atoms with E-state index in [9.17, 15) is 8.42 Å². The lowest BCUT2D eigenvalue weighted by Gasteiger charge is -2.29. The maximum atomic E-state index is 12.6. The summed E-state index contributed by atoms with van der Waals surface area (Å²) < 4.78 is 29.7. The maximum absolute atomic E-state index is 12.6. The second-order valence-electron chi connectivity index (χ2n) is 6.19. The van der Waals surface area contributed by atoms with Crippen molar-refractivity contribution in [3.63, 3.8) is 0 Å². The van der Waals surface area contributed by atoms with Crippen LogP contribution in [-0.2, 0) is 10.0 Å². The number of sulfonamides is 1. The molecule has 124 valence electrons. The van der Waals surface area contributed by atoms with Crippen molar-refractivity contribution < 1.29 is 8.42 Å². The van der Waals surface area contributed by atoms with E-state index in [4.69, 9.17) is 0 Å². The van der Waals surface area contributed by atoms with Crippen LogP contribution in [0.25, 0.3) is 5.69 Å². The van der Waals surface area contributed by atoms with E-state index >= 15 is 0 Å². The first-order valence-electron chi connectivity index (χ1n) is 7.84. The van der Waals surface area contributed by atoms with Gasteiger partial charge in [0.2, 0.25) is 10.0 Å². The Hall–Kier alpha value is -1.80. The molecule has 0 spiro atoms. The van der Waals surface area contributed by atoms with Gasteiger partial charge in [-0.25, -0.2) is 17.8 Å². The van der Waals surface area contributed by atoms with Crippen LogP contribution in [0.15, 0.2) is 29.4 Å². The van der Waals surface area contributed by atoms with Gasteiger partial charge in [0.15, 0.2) is 0 Å². The van der Waals surface area contributed by atoms with Gasteiger partial charge < -0.3 is 0 Å². The van der Waals surface area contributed by atoms with Gasteiger partial charge in [-0.3, -0.25) is 0 Å². The Morgan fingerprint density at radius 1 is 1.26 bits per heavy atom. The number of benzene rings is 1. The average molecular weight is 335 g/mol. The second kappa shape index (κ2) is 6.37. The zero-order valence-electron chi connectivity index (χ0n) is 13.3. The van der Waals surface area contributed by atoms with Crippen molar-refractivity contribution in [2.45, 2.75) is 50.5 Å². The standard InChI is InChI=1S/C15H21N5O2S/c1-11-5-3-4-6-14(11)17-23(21,22)13-7-8-15(12(2)9-13)20-10-16-18-19-20/h7-11,14,17H,3-6H2,1-2H3/t11-,14+/m1/s1. The molecule has 1 aromatic carbocycles. The third kappa shape index (κ3) is 3.42. The third-order valence-electron chi connectivity index (χ3n) is 4.49. The van der Waals surface area contributed by atoms with Crippen LogP contribution in [0.4, 0.5) is 0 Å². The molecule has 8 heteroatoms. The van der Waals surface area contributed by atoms with Gasteiger partial charge in [-0.1, -0.05) is 19.8 Å². The zero-order valence-corrected chi connectivity index (χ0v) is 14.1. The minimum Gasteiger partial charge on any atom is -0.208 e. The molecule has 0 amide bonds. The first kappa shape index (κ1) is 16.1. The lowest BCUT2D eigenvalue weighted by molar-refractivity contribution is 0.310. The molecule has 1 saturated carbocycles. The summed E-state index contributed by atoms with van der Waals surface area (Å²) in [5.74, 6) is 0.375. The first-order chi connectivity index (χ1) is 11.0. The predicted octanol–water partition coefficient (Wildman–Crippen LogP) is 1.83. The molecule has 1 N–H and O–H groups in total. The van der Waals surface area contributed by atoms with Crippen LogP contribution >= 0.6 is 0 Å². The van der Waals surface area contributed by atoms with Gasteiger partial charge >= 0.3 is 0 Å². The van der Waals surface area contributed by atoms with Crippen LogP contribution in [0, 0.1) is 12.8 Å². The van der Waals surface area contributed by atoms with Gasteiger partial charge in [-0.2, -0.15) is 0 Å². The minimum absolute atomic E-state index is 0.0215. The van der Waals surface area contributed by atoms with Crippen molar-refractivity contribution in [3.05, 3.63) is 30.1 Å². The Bertz CT molecular complexity index is 773. The fourth-order valence-corrected chi connectivity index (χ4v) is 4.55. The highest BCUT2D eigenvalue weighted by molar-refractivity contribution is 7.89. The summed E-state index contributed by atoms with van der Waals surface area (Å²) in [6, 6.07) is 5.00. The summed E-state index contributed by atoms with van der Waals surface area (Å²) in [7, 11) is -3.51. The second-order valence-corrected chi connectivity index (χ2v) is 7.91. The molecule has 0 bridgehead atoms. The Morgan fingerprint density at radius 2 is 2.04 bits per heavy atom. The highest BCUT2D eigenvalue weighted by Crippen LogP contribution is 2.26. The Kier molecular flexibility index (Phi) is 4.45. The highest BCUT2D eigenvalue weighted by Gasteiger charge is 2.27. The predicted molar refractivity (Wildman–Crippen MR) is 85.6 cm³/mol. The quantitative estimate of drug-likeness (QED) is 0.920. The van der Waals surface area contributed by atoms with Crippen LogP contribution < -0.4 is 4.72 Å². The van der Waals surface area contributed by atoms with E-state index in [0.717, 1.165) is 30.5 Å². The monoisotopic (exact) mass is 335 g/mol. The lowest BCUT2D eigenvalue weighted by Crippen LogP contribution is -2.41. The van der Waals surface area contributed by atoms with Gasteiger partial charge in [-0.05, 0) is 59.9 Å². The van der Waals surface area contributed by atoms with Crippen molar-refractivity contribution in [2.75, 3.05) is 0 Å². The summed E-state index contributed by atoms with van der Waals surface area (Å²) >= 11 is 0. The van der Waals surface area contributed by atoms with Crippen LogP contribution in [0.5, 0.6) is 0 Å². The van der Waals surface area contributed by atoms with Gasteiger partial charge in [-0.15, -0.1) is 5.10 Å². The molecular weight excluding hydrogens is 314 g/mol. The molecule has 0 saturated heterocycles. The Balaban J connectivity index is 1.84. The average Bonchev–Trinajstić information content (AvgIpc) is 3.03. The summed E-state index contributed by atoms with van der Waals surface area (Å²) in [4.78, 5) is 0.282. The number of tetrazole rings is 1. The van der Waals surface area contributed by atoms with Crippen LogP contribution in [0.1, 0.15) is 38.2 Å². The molecular formula is C15H21N5O2S. The maximum Gasteiger partial charge on any atom is 0.240 e. The number of rotatable bonds is 4. The fourth-order valence-electron chi connectivity index (χ4n) is 3.08. The van der Waals surface area contributed by atoms with Crippen molar-refractivity contribution in [2.24, 2.45) is 5.92 Å². The Labute approximate surface area is 136 Å². The fraction of sp³-hybridized carbons (Fsp3) is 0.533. The summed E-state index contributed by atoms with van der Waals surface area (Å²) in [6.07, 6.45) is 5.72. The largest absolute Gasteiger partial charge is 0.240 e. The van der Waals surface area contributed by atoms with E-state index < -0.39 is 10.0 Å². The van der Waals surface area contributed by atoms with Gasteiger partial charge in [0.25, 0.3) is 0 Å². The van der Waals surface area contributed by atoms with E-state index in [1.807, 2.05) is 6.92 Å². The molecule has 2 aromatic rings. The first-order valence-corrected chi connectivity index (χ1v) is 9.32. The molecule has 3 rings (SSSR count). The van der Waals surface area contributed by atoms with E-state index in [2.05, 4.69) is 27.2 Å². The normalized spacial score (nSPS) is 22.2. The molecule has 1 aliphatic carbocycles. The van der Waals surface area contributed by atoms with Gasteiger partial charge in [0.05, 0.1) is 10.6 Å². The lowest BCUT2D eigenvalue weighted by atomic mass is 9.87. The molecule has 23 heavy (non-hydrogen) atoms. The van der Waals surface area contributed by atoms with Crippen LogP contribution in [0.2, 0.25) is 0 Å². The third-order valence-corrected chi connectivity index (χ3v) is 5.98. The van der Waals surface area contributed by atoms with Gasteiger partial charge in [0.1, 0.15) is 6.33 Å². The van der Waals surface area contributed by atoms with E-state index in [1.54, 1.807) is 18.2 Å². The Morgan fingerprint density at radius 3 is 2.70 bits per heavy atom. The minimum atomic E-state index is -3.51.